The van der Waals surface area contributed by atoms with Gasteiger partial charge in [0.05, 0.1) is 5.56 Å². The summed E-state index contributed by atoms with van der Waals surface area (Å²) in [6.07, 6.45) is 6.82. The van der Waals surface area contributed by atoms with Gasteiger partial charge in [0, 0.05) is 53.1 Å². The molecule has 3 heterocycles. The third-order valence-electron chi connectivity index (χ3n) is 4.86. The summed E-state index contributed by atoms with van der Waals surface area (Å²) in [7, 11) is 0. The summed E-state index contributed by atoms with van der Waals surface area (Å²) in [5, 5.41) is 6.22. The zero-order chi connectivity index (χ0) is 20.9. The van der Waals surface area contributed by atoms with Crippen molar-refractivity contribution in [2.75, 3.05) is 28.6 Å². The van der Waals surface area contributed by atoms with E-state index in [1.165, 1.54) is 25.5 Å². The standard InChI is InChI=1S/C22H23BrN6O/c1-15-11-20(28-22(25-15)29-9-3-2-4-10-29)26-18-5-7-19(8-6-18)27-21(30)16-12-17(23)14-24-13-16/h5-8,11-14H,2-4,9-10H2,1H3,(H,27,30)(H,25,26,28). The number of aryl methyl sites for hydroxylation is 1. The van der Waals surface area contributed by atoms with Gasteiger partial charge in [-0.05, 0) is 72.4 Å². The van der Waals surface area contributed by atoms with Crippen molar-refractivity contribution in [1.82, 2.24) is 15.0 Å². The fourth-order valence-electron chi connectivity index (χ4n) is 3.38. The number of hydrogen-bond acceptors (Lipinski definition) is 6. The van der Waals surface area contributed by atoms with Gasteiger partial charge in [0.25, 0.3) is 5.91 Å². The summed E-state index contributed by atoms with van der Waals surface area (Å²) in [5.74, 6) is 1.34. The molecular weight excluding hydrogens is 444 g/mol. The summed E-state index contributed by atoms with van der Waals surface area (Å²) in [6.45, 7) is 3.99. The van der Waals surface area contributed by atoms with E-state index >= 15 is 0 Å². The van der Waals surface area contributed by atoms with Crippen LogP contribution in [0, 0.1) is 6.92 Å². The molecule has 4 rings (SSSR count). The van der Waals surface area contributed by atoms with Crippen LogP contribution in [0.4, 0.5) is 23.1 Å². The Kier molecular flexibility index (Phi) is 6.23. The van der Waals surface area contributed by atoms with Crippen molar-refractivity contribution in [1.29, 1.82) is 0 Å². The second-order valence-electron chi connectivity index (χ2n) is 7.29. The molecule has 0 aliphatic carbocycles. The maximum absolute atomic E-state index is 12.4. The molecule has 1 aliphatic heterocycles. The largest absolute Gasteiger partial charge is 0.341 e. The Bertz CT molecular complexity index is 1030. The number of nitrogens with one attached hydrogen (secondary N) is 2. The first-order chi connectivity index (χ1) is 14.6. The minimum absolute atomic E-state index is 0.206. The molecule has 8 heteroatoms. The predicted molar refractivity (Wildman–Crippen MR) is 122 cm³/mol. The second-order valence-corrected chi connectivity index (χ2v) is 8.21. The minimum Gasteiger partial charge on any atom is -0.341 e. The Labute approximate surface area is 184 Å². The molecule has 0 atom stereocenters. The molecule has 1 fully saturated rings. The number of anilines is 4. The van der Waals surface area contributed by atoms with E-state index in [1.807, 2.05) is 37.3 Å². The lowest BCUT2D eigenvalue weighted by molar-refractivity contribution is 0.102. The van der Waals surface area contributed by atoms with Gasteiger partial charge in [-0.25, -0.2) is 4.98 Å². The monoisotopic (exact) mass is 466 g/mol. The number of amides is 1. The summed E-state index contributed by atoms with van der Waals surface area (Å²) in [5.41, 5.74) is 3.02. The van der Waals surface area contributed by atoms with Crippen LogP contribution < -0.4 is 15.5 Å². The van der Waals surface area contributed by atoms with Crippen LogP contribution in [0.25, 0.3) is 0 Å². The number of carbonyl (C=O) groups excluding carboxylic acids is 1. The van der Waals surface area contributed by atoms with E-state index < -0.39 is 0 Å². The van der Waals surface area contributed by atoms with Gasteiger partial charge in [0.15, 0.2) is 0 Å². The van der Waals surface area contributed by atoms with Crippen molar-refractivity contribution in [3.8, 4) is 0 Å². The van der Waals surface area contributed by atoms with Crippen LogP contribution in [-0.2, 0) is 0 Å². The summed E-state index contributed by atoms with van der Waals surface area (Å²) < 4.78 is 0.763. The van der Waals surface area contributed by atoms with Crippen LogP contribution in [0.3, 0.4) is 0 Å². The molecule has 1 saturated heterocycles. The van der Waals surface area contributed by atoms with E-state index in [-0.39, 0.29) is 5.91 Å². The van der Waals surface area contributed by atoms with Gasteiger partial charge in [0.2, 0.25) is 5.95 Å². The first kappa shape index (κ1) is 20.3. The highest BCUT2D eigenvalue weighted by molar-refractivity contribution is 9.10. The number of piperidine rings is 1. The highest BCUT2D eigenvalue weighted by Gasteiger charge is 2.15. The van der Waals surface area contributed by atoms with E-state index in [0.29, 0.717) is 11.3 Å². The van der Waals surface area contributed by atoms with Gasteiger partial charge in [0.1, 0.15) is 5.82 Å². The van der Waals surface area contributed by atoms with Gasteiger partial charge in [-0.3, -0.25) is 9.78 Å². The zero-order valence-electron chi connectivity index (χ0n) is 16.7. The maximum Gasteiger partial charge on any atom is 0.257 e. The molecule has 3 aromatic rings. The van der Waals surface area contributed by atoms with Crippen LogP contribution in [0.5, 0.6) is 0 Å². The molecule has 0 unspecified atom stereocenters. The minimum atomic E-state index is -0.206. The van der Waals surface area contributed by atoms with E-state index in [0.717, 1.165) is 40.7 Å². The molecule has 0 radical (unpaired) electrons. The molecule has 30 heavy (non-hydrogen) atoms. The lowest BCUT2D eigenvalue weighted by atomic mass is 10.1. The van der Waals surface area contributed by atoms with Crippen LogP contribution in [-0.4, -0.2) is 33.9 Å². The van der Waals surface area contributed by atoms with Crippen LogP contribution in [0.2, 0.25) is 0 Å². The Morgan fingerprint density at radius 3 is 2.47 bits per heavy atom. The first-order valence-electron chi connectivity index (χ1n) is 9.96. The molecule has 7 nitrogen and oxygen atoms in total. The second kappa shape index (κ2) is 9.21. The normalized spacial score (nSPS) is 13.7. The SMILES string of the molecule is Cc1cc(Nc2ccc(NC(=O)c3cncc(Br)c3)cc2)nc(N2CCCCC2)n1. The average Bonchev–Trinajstić information content (AvgIpc) is 2.75. The van der Waals surface area contributed by atoms with Gasteiger partial charge in [-0.15, -0.1) is 0 Å². The lowest BCUT2D eigenvalue weighted by Crippen LogP contribution is -2.31. The van der Waals surface area contributed by atoms with Crippen molar-refractivity contribution in [3.63, 3.8) is 0 Å². The number of halogens is 1. The third kappa shape index (κ3) is 5.13. The fraction of sp³-hybridized carbons (Fsp3) is 0.273. The number of pyridine rings is 1. The first-order valence-corrected chi connectivity index (χ1v) is 10.8. The van der Waals surface area contributed by atoms with Crippen molar-refractivity contribution >= 4 is 45.0 Å². The topological polar surface area (TPSA) is 83.0 Å². The van der Waals surface area contributed by atoms with Crippen molar-refractivity contribution in [2.45, 2.75) is 26.2 Å². The molecule has 1 aliphatic rings. The van der Waals surface area contributed by atoms with Crippen LogP contribution >= 0.6 is 15.9 Å². The van der Waals surface area contributed by atoms with Crippen molar-refractivity contribution in [3.05, 3.63) is 64.5 Å². The maximum atomic E-state index is 12.4. The van der Waals surface area contributed by atoms with E-state index in [4.69, 9.17) is 4.98 Å². The lowest BCUT2D eigenvalue weighted by Gasteiger charge is -2.27. The Morgan fingerprint density at radius 2 is 1.73 bits per heavy atom. The Balaban J connectivity index is 1.43. The van der Waals surface area contributed by atoms with E-state index in [9.17, 15) is 4.79 Å². The molecule has 0 saturated carbocycles. The summed E-state index contributed by atoms with van der Waals surface area (Å²) >= 11 is 3.33. The average molecular weight is 467 g/mol. The summed E-state index contributed by atoms with van der Waals surface area (Å²) in [4.78, 5) is 27.9. The van der Waals surface area contributed by atoms with Crippen LogP contribution in [0.1, 0.15) is 35.3 Å². The zero-order valence-corrected chi connectivity index (χ0v) is 18.3. The predicted octanol–water partition coefficient (Wildman–Crippen LogP) is 4.93. The highest BCUT2D eigenvalue weighted by atomic mass is 79.9. The van der Waals surface area contributed by atoms with Gasteiger partial charge in [-0.1, -0.05) is 0 Å². The highest BCUT2D eigenvalue weighted by Crippen LogP contribution is 2.22. The number of carbonyl (C=O) groups is 1. The van der Waals surface area contributed by atoms with Crippen molar-refractivity contribution in [2.24, 2.45) is 0 Å². The van der Waals surface area contributed by atoms with Crippen molar-refractivity contribution < 1.29 is 4.79 Å². The number of rotatable bonds is 5. The molecule has 1 amide bonds. The third-order valence-corrected chi connectivity index (χ3v) is 5.30. The number of nitrogens with zero attached hydrogens (tertiary/aromatic N) is 4. The van der Waals surface area contributed by atoms with E-state index in [1.54, 1.807) is 12.3 Å². The number of hydrogen-bond donors (Lipinski definition) is 2. The van der Waals surface area contributed by atoms with Gasteiger partial charge >= 0.3 is 0 Å². The van der Waals surface area contributed by atoms with E-state index in [2.05, 4.69) is 41.4 Å². The fourth-order valence-corrected chi connectivity index (χ4v) is 3.74. The van der Waals surface area contributed by atoms with Gasteiger partial charge < -0.3 is 15.5 Å². The Morgan fingerprint density at radius 1 is 1.00 bits per heavy atom. The number of aromatic nitrogens is 3. The Hall–Kier alpha value is -3.00. The molecule has 2 N–H and O–H groups in total. The number of benzene rings is 1. The molecular formula is C22H23BrN6O. The van der Waals surface area contributed by atoms with Crippen LogP contribution in [0.15, 0.2) is 53.3 Å². The smallest absolute Gasteiger partial charge is 0.257 e. The molecule has 0 spiro atoms. The molecule has 154 valence electrons. The molecule has 0 bridgehead atoms. The molecule has 2 aromatic heterocycles. The summed E-state index contributed by atoms with van der Waals surface area (Å²) in [6, 6.07) is 11.2. The quantitative estimate of drug-likeness (QED) is 0.554. The van der Waals surface area contributed by atoms with Gasteiger partial charge in [-0.2, -0.15) is 4.98 Å². The molecule has 1 aromatic carbocycles.